The van der Waals surface area contributed by atoms with Crippen molar-refractivity contribution >= 4 is 15.9 Å². The topological polar surface area (TPSA) is 34.9 Å². The number of rotatable bonds is 1. The van der Waals surface area contributed by atoms with Gasteiger partial charge < -0.3 is 4.57 Å². The Kier molecular flexibility index (Phi) is 2.51. The molecule has 0 saturated carbocycles. The van der Waals surface area contributed by atoms with Crippen molar-refractivity contribution in [2.75, 3.05) is 0 Å². The molecule has 0 saturated heterocycles. The lowest BCUT2D eigenvalue weighted by Gasteiger charge is -2.11. The molecule has 13 heavy (non-hydrogen) atoms. The molecule has 0 aliphatic rings. The number of aryl methyl sites for hydroxylation is 1. The second-order valence-corrected chi connectivity index (χ2v) is 3.50. The SMILES string of the molecule is Cn1cnc(C(C)(F)F)c(Br)c1=O. The van der Waals surface area contributed by atoms with Crippen LogP contribution in [-0.4, -0.2) is 9.55 Å². The van der Waals surface area contributed by atoms with E-state index < -0.39 is 17.2 Å². The first kappa shape index (κ1) is 10.3. The lowest BCUT2D eigenvalue weighted by atomic mass is 10.2. The van der Waals surface area contributed by atoms with E-state index in [0.29, 0.717) is 6.92 Å². The Bertz CT molecular complexity index is 383. The molecule has 0 spiro atoms. The van der Waals surface area contributed by atoms with E-state index in [1.165, 1.54) is 7.05 Å². The van der Waals surface area contributed by atoms with Gasteiger partial charge in [-0.15, -0.1) is 0 Å². The monoisotopic (exact) mass is 252 g/mol. The van der Waals surface area contributed by atoms with Crippen molar-refractivity contribution in [1.29, 1.82) is 0 Å². The van der Waals surface area contributed by atoms with Crippen LogP contribution in [-0.2, 0) is 13.0 Å². The average molecular weight is 253 g/mol. The van der Waals surface area contributed by atoms with Gasteiger partial charge in [0.25, 0.3) is 11.5 Å². The summed E-state index contributed by atoms with van der Waals surface area (Å²) in [7, 11) is 1.44. The smallest absolute Gasteiger partial charge is 0.288 e. The van der Waals surface area contributed by atoms with Gasteiger partial charge in [-0.1, -0.05) is 0 Å². The molecular formula is C7H7BrF2N2O. The van der Waals surface area contributed by atoms with E-state index in [2.05, 4.69) is 20.9 Å². The quantitative estimate of drug-likeness (QED) is 0.762. The number of halogens is 3. The van der Waals surface area contributed by atoms with Crippen molar-refractivity contribution in [3.63, 3.8) is 0 Å². The van der Waals surface area contributed by atoms with Crippen LogP contribution in [0.2, 0.25) is 0 Å². The molecule has 3 nitrogen and oxygen atoms in total. The highest BCUT2D eigenvalue weighted by atomic mass is 79.9. The number of hydrogen-bond acceptors (Lipinski definition) is 2. The third-order valence-electron chi connectivity index (χ3n) is 1.49. The van der Waals surface area contributed by atoms with E-state index in [1.807, 2.05) is 0 Å². The van der Waals surface area contributed by atoms with E-state index in [9.17, 15) is 13.6 Å². The van der Waals surface area contributed by atoms with Crippen molar-refractivity contribution in [1.82, 2.24) is 9.55 Å². The molecule has 0 aliphatic heterocycles. The zero-order valence-corrected chi connectivity index (χ0v) is 8.60. The Balaban J connectivity index is 3.44. The van der Waals surface area contributed by atoms with Crippen molar-refractivity contribution in [2.45, 2.75) is 12.8 Å². The molecule has 0 unspecified atom stereocenters. The van der Waals surface area contributed by atoms with Gasteiger partial charge in [-0.2, -0.15) is 8.78 Å². The summed E-state index contributed by atoms with van der Waals surface area (Å²) in [6.45, 7) is 0.694. The van der Waals surface area contributed by atoms with Gasteiger partial charge in [-0.25, -0.2) is 4.98 Å². The van der Waals surface area contributed by atoms with Gasteiger partial charge in [0.15, 0.2) is 0 Å². The molecule has 0 bridgehead atoms. The van der Waals surface area contributed by atoms with E-state index in [4.69, 9.17) is 0 Å². The summed E-state index contributed by atoms with van der Waals surface area (Å²) in [5.74, 6) is -3.10. The molecular weight excluding hydrogens is 246 g/mol. The summed E-state index contributed by atoms with van der Waals surface area (Å²) in [5, 5.41) is 0. The molecule has 6 heteroatoms. The van der Waals surface area contributed by atoms with Gasteiger partial charge in [0.1, 0.15) is 10.2 Å². The van der Waals surface area contributed by atoms with Crippen molar-refractivity contribution in [2.24, 2.45) is 7.05 Å². The van der Waals surface area contributed by atoms with Crippen LogP contribution in [0.3, 0.4) is 0 Å². The maximum absolute atomic E-state index is 12.8. The molecule has 72 valence electrons. The van der Waals surface area contributed by atoms with Crippen LogP contribution in [0, 0.1) is 0 Å². The highest BCUT2D eigenvalue weighted by Crippen LogP contribution is 2.28. The largest absolute Gasteiger partial charge is 0.301 e. The summed E-state index contributed by atoms with van der Waals surface area (Å²) in [5.41, 5.74) is -1.05. The molecule has 1 aromatic rings. The van der Waals surface area contributed by atoms with Gasteiger partial charge in [-0.05, 0) is 15.9 Å². The molecule has 0 aliphatic carbocycles. The summed E-state index contributed by atoms with van der Waals surface area (Å²) in [6, 6.07) is 0. The second kappa shape index (κ2) is 3.17. The molecule has 1 heterocycles. The molecule has 0 N–H and O–H groups in total. The maximum atomic E-state index is 12.8. The van der Waals surface area contributed by atoms with E-state index in [1.54, 1.807) is 0 Å². The van der Waals surface area contributed by atoms with Gasteiger partial charge in [0.05, 0.1) is 6.33 Å². The van der Waals surface area contributed by atoms with Crippen molar-refractivity contribution in [3.8, 4) is 0 Å². The van der Waals surface area contributed by atoms with Crippen LogP contribution in [0.1, 0.15) is 12.6 Å². The Labute approximate surface area is 81.5 Å². The van der Waals surface area contributed by atoms with E-state index >= 15 is 0 Å². The fourth-order valence-corrected chi connectivity index (χ4v) is 1.55. The Morgan fingerprint density at radius 1 is 1.62 bits per heavy atom. The van der Waals surface area contributed by atoms with Crippen molar-refractivity contribution in [3.05, 3.63) is 26.8 Å². The predicted octanol–water partition coefficient (Wildman–Crippen LogP) is 1.65. The molecule has 0 radical (unpaired) electrons. The second-order valence-electron chi connectivity index (χ2n) is 2.71. The lowest BCUT2D eigenvalue weighted by molar-refractivity contribution is 0.0115. The molecule has 0 aromatic carbocycles. The molecule has 0 atom stereocenters. The van der Waals surface area contributed by atoms with Gasteiger partial charge in [-0.3, -0.25) is 4.79 Å². The van der Waals surface area contributed by atoms with E-state index in [0.717, 1.165) is 10.9 Å². The molecule has 0 amide bonds. The minimum Gasteiger partial charge on any atom is -0.301 e. The first-order chi connectivity index (χ1) is 5.84. The summed E-state index contributed by atoms with van der Waals surface area (Å²) >= 11 is 2.79. The van der Waals surface area contributed by atoms with Crippen LogP contribution in [0.4, 0.5) is 8.78 Å². The number of alkyl halides is 2. The number of hydrogen-bond donors (Lipinski definition) is 0. The van der Waals surface area contributed by atoms with Crippen LogP contribution in [0.15, 0.2) is 15.6 Å². The van der Waals surface area contributed by atoms with Crippen LogP contribution in [0.5, 0.6) is 0 Å². The van der Waals surface area contributed by atoms with Crippen LogP contribution >= 0.6 is 15.9 Å². The lowest BCUT2D eigenvalue weighted by Crippen LogP contribution is -2.23. The standard InChI is InChI=1S/C7H7BrF2N2O/c1-7(9,10)5-4(8)6(13)12(2)3-11-5/h3H,1-2H3. The van der Waals surface area contributed by atoms with Gasteiger partial charge in [0, 0.05) is 14.0 Å². The fourth-order valence-electron chi connectivity index (χ4n) is 0.816. The zero-order valence-electron chi connectivity index (χ0n) is 7.01. The number of nitrogens with zero attached hydrogens (tertiary/aromatic N) is 2. The normalized spacial score (nSPS) is 11.8. The Hall–Kier alpha value is -0.780. The first-order valence-corrected chi connectivity index (χ1v) is 4.22. The highest BCUT2D eigenvalue weighted by Gasteiger charge is 2.30. The third kappa shape index (κ3) is 1.93. The van der Waals surface area contributed by atoms with Crippen LogP contribution in [0.25, 0.3) is 0 Å². The fraction of sp³-hybridized carbons (Fsp3) is 0.429. The summed E-state index contributed by atoms with van der Waals surface area (Å²) in [4.78, 5) is 14.7. The minimum atomic E-state index is -3.10. The van der Waals surface area contributed by atoms with Gasteiger partial charge in [0.2, 0.25) is 0 Å². The van der Waals surface area contributed by atoms with Crippen molar-refractivity contribution < 1.29 is 8.78 Å². The third-order valence-corrected chi connectivity index (χ3v) is 2.21. The first-order valence-electron chi connectivity index (χ1n) is 3.43. The molecule has 1 aromatic heterocycles. The molecule has 1 rings (SSSR count). The summed E-state index contributed by atoms with van der Waals surface area (Å²) < 4.78 is 26.5. The zero-order chi connectivity index (χ0) is 10.2. The van der Waals surface area contributed by atoms with E-state index in [-0.39, 0.29) is 4.47 Å². The summed E-state index contributed by atoms with van der Waals surface area (Å²) in [6.07, 6.45) is 1.07. The number of aromatic nitrogens is 2. The highest BCUT2D eigenvalue weighted by molar-refractivity contribution is 9.10. The average Bonchev–Trinajstić information content (AvgIpc) is 1.98. The predicted molar refractivity (Wildman–Crippen MR) is 46.7 cm³/mol. The maximum Gasteiger partial charge on any atom is 0.288 e. The minimum absolute atomic E-state index is 0.190. The van der Waals surface area contributed by atoms with Gasteiger partial charge >= 0.3 is 0 Å². The molecule has 0 fully saturated rings. The van der Waals surface area contributed by atoms with Crippen LogP contribution < -0.4 is 5.56 Å². The Morgan fingerprint density at radius 2 is 2.15 bits per heavy atom. The Morgan fingerprint density at radius 3 is 2.62 bits per heavy atom.